The Morgan fingerprint density at radius 2 is 0.971 bits per heavy atom. The van der Waals surface area contributed by atoms with Gasteiger partial charge in [0.25, 0.3) is 21.1 Å². The number of nitrogens with two attached hydrogens (primary N) is 2. The number of Topliss-reactive ketones (excluding diaryl/α,β-unsaturated/α-hetero) is 4. The number of ketones is 4. The summed E-state index contributed by atoms with van der Waals surface area (Å²) in [4.78, 5) is 45.1. The first-order chi connectivity index (χ1) is 15.0. The van der Waals surface area contributed by atoms with Gasteiger partial charge >= 0.3 is 51.4 Å². The molecule has 0 saturated heterocycles. The molecule has 0 aliphatic carbocycles. The second-order valence-corrected chi connectivity index (χ2v) is 10.7. The quantitative estimate of drug-likeness (QED) is 0.132. The van der Waals surface area contributed by atoms with Crippen molar-refractivity contribution in [3.05, 3.63) is 51.2 Å². The summed E-state index contributed by atoms with van der Waals surface area (Å²) in [6.45, 7) is 5.85. The summed E-state index contributed by atoms with van der Waals surface area (Å²) in [6, 6.07) is 4.69. The van der Waals surface area contributed by atoms with Crippen LogP contribution >= 0.6 is 67.8 Å². The Kier molecular flexibility index (Phi) is 19.3. The fourth-order valence-corrected chi connectivity index (χ4v) is 7.05. The van der Waals surface area contributed by atoms with E-state index in [1.165, 1.54) is 27.7 Å². The van der Waals surface area contributed by atoms with Crippen molar-refractivity contribution >= 4 is 102 Å². The number of halogens is 4. The number of hydrogen-bond donors (Lipinski definition) is 2. The summed E-state index contributed by atoms with van der Waals surface area (Å²) in [5.41, 5.74) is 14.4. The van der Waals surface area contributed by atoms with E-state index in [1.54, 1.807) is 18.2 Å². The van der Waals surface area contributed by atoms with Crippen LogP contribution in [-0.4, -0.2) is 23.1 Å². The van der Waals surface area contributed by atoms with Crippen LogP contribution in [0, 0.1) is 10.7 Å². The zero-order valence-corrected chi connectivity index (χ0v) is 30.5. The maximum Gasteiger partial charge on any atom is 1.00 e. The molecule has 14 heteroatoms. The molecular formula is C20H19I4KN2O7. The van der Waals surface area contributed by atoms with Gasteiger partial charge in [-0.15, -0.1) is 0 Å². The molecule has 0 aliphatic heterocycles. The molecule has 0 bridgehead atoms. The third kappa shape index (κ3) is 12.1. The Morgan fingerprint density at radius 1 is 0.676 bits per heavy atom. The second-order valence-electron chi connectivity index (χ2n) is 6.36. The molecule has 0 heterocycles. The monoisotopic (exact) mass is 946 g/mol. The minimum Gasteiger partial charge on any atom is -0.427 e. The third-order valence-electron chi connectivity index (χ3n) is 3.82. The molecule has 0 radical (unpaired) electrons. The van der Waals surface area contributed by atoms with E-state index in [-0.39, 0.29) is 74.5 Å². The molecule has 2 aromatic rings. The van der Waals surface area contributed by atoms with E-state index in [4.69, 9.17) is 21.8 Å². The van der Waals surface area contributed by atoms with E-state index in [0.29, 0.717) is 37.2 Å². The molecule has 0 aliphatic rings. The molecule has 0 fully saturated rings. The van der Waals surface area contributed by atoms with Gasteiger partial charge < -0.3 is 21.8 Å². The summed E-state index contributed by atoms with van der Waals surface area (Å²) >= 11 is 2.11. The number of carbonyl (C=O) groups excluding carboxylic acids is 4. The molecule has 2 aromatic carbocycles. The van der Waals surface area contributed by atoms with Gasteiger partial charge in [-0.25, -0.2) is 0 Å². The van der Waals surface area contributed by atoms with Gasteiger partial charge in [0, 0.05) is 38.7 Å². The van der Waals surface area contributed by atoms with Crippen LogP contribution in [0.5, 0.6) is 0 Å². The maximum absolute atomic E-state index is 11.5. The van der Waals surface area contributed by atoms with E-state index in [2.05, 4.69) is 0 Å². The maximum atomic E-state index is 11.5. The number of nitrogen functional groups attached to an aromatic ring is 2. The van der Waals surface area contributed by atoms with Crippen molar-refractivity contribution in [2.24, 2.45) is 0 Å². The van der Waals surface area contributed by atoms with Crippen molar-refractivity contribution in [2.75, 3.05) is 11.5 Å². The predicted octanol–water partition coefficient (Wildman–Crippen LogP) is -4.40. The minimum atomic E-state index is -4.01. The van der Waals surface area contributed by atoms with Crippen molar-refractivity contribution in [1.29, 1.82) is 0 Å². The topological polar surface area (TPSA) is 190 Å². The molecule has 180 valence electrons. The average molecular weight is 946 g/mol. The fourth-order valence-electron chi connectivity index (χ4n) is 2.36. The van der Waals surface area contributed by atoms with Gasteiger partial charge in [0.15, 0.2) is 23.1 Å². The Balaban J connectivity index is 0. The number of benzene rings is 2. The molecule has 2 rings (SSSR count). The Bertz CT molecular complexity index is 1020. The Hall–Kier alpha value is 1.16. The summed E-state index contributed by atoms with van der Waals surface area (Å²) in [5.74, 6) is -0.316. The van der Waals surface area contributed by atoms with E-state index >= 15 is 0 Å². The van der Waals surface area contributed by atoms with Gasteiger partial charge in [-0.05, 0) is 114 Å². The largest absolute Gasteiger partial charge is 1.00 e. The number of carbonyl (C=O) groups is 4. The molecule has 0 aromatic heterocycles. The minimum absolute atomic E-state index is 0. The van der Waals surface area contributed by atoms with Gasteiger partial charge in [-0.1, -0.05) is 0 Å². The van der Waals surface area contributed by atoms with Crippen LogP contribution in [-0.2, 0) is 0 Å². The number of rotatable bonds is 4. The second kappa shape index (κ2) is 17.6. The van der Waals surface area contributed by atoms with Crippen molar-refractivity contribution in [3.63, 3.8) is 0 Å². The fraction of sp³-hybridized carbons (Fsp3) is 0.200. The van der Waals surface area contributed by atoms with Crippen LogP contribution in [0.15, 0.2) is 18.2 Å². The van der Waals surface area contributed by atoms with Gasteiger partial charge in [0.2, 0.25) is 0 Å². The van der Waals surface area contributed by atoms with E-state index < -0.39 is 21.1 Å². The molecule has 0 saturated carbocycles. The first-order valence-electron chi connectivity index (χ1n) is 8.66. The van der Waals surface area contributed by atoms with Gasteiger partial charge in [0.1, 0.15) is 0 Å². The summed E-state index contributed by atoms with van der Waals surface area (Å²) < 4.78 is 27.9. The van der Waals surface area contributed by atoms with Gasteiger partial charge in [-0.3, -0.25) is 19.2 Å². The SMILES string of the molecule is CC(=O)c1c(I)c(N)c(I)c(C(C)=O)c1I.CC(=O)c1cc(N)cc(C(C)=O)c1.[K+].[O-][I+2]([O-])[O-]. The molecular weight excluding hydrogens is 927 g/mol. The van der Waals surface area contributed by atoms with Crippen molar-refractivity contribution in [1.82, 2.24) is 0 Å². The smallest absolute Gasteiger partial charge is 0.427 e. The molecule has 9 nitrogen and oxygen atoms in total. The number of hydrogen-bond acceptors (Lipinski definition) is 9. The third-order valence-corrected chi connectivity index (χ3v) is 7.14. The first kappa shape index (κ1) is 37.3. The van der Waals surface area contributed by atoms with Crippen LogP contribution in [0.2, 0.25) is 0 Å². The van der Waals surface area contributed by atoms with Crippen LogP contribution in [0.4, 0.5) is 11.4 Å². The molecule has 0 atom stereocenters. The molecule has 0 amide bonds. The van der Waals surface area contributed by atoms with Crippen LogP contribution in [0.3, 0.4) is 0 Å². The molecule has 0 unspecified atom stereocenters. The molecule has 0 spiro atoms. The molecule has 4 N–H and O–H groups in total. The average Bonchev–Trinajstić information content (AvgIpc) is 2.65. The zero-order valence-electron chi connectivity index (χ0n) is 18.8. The van der Waals surface area contributed by atoms with Crippen LogP contribution in [0.25, 0.3) is 0 Å². The number of anilines is 2. The van der Waals surface area contributed by atoms with E-state index in [1.807, 2.05) is 67.8 Å². The molecule has 34 heavy (non-hydrogen) atoms. The Labute approximate surface area is 289 Å². The summed E-state index contributed by atoms with van der Waals surface area (Å²) in [6.07, 6.45) is 0. The van der Waals surface area contributed by atoms with Crippen molar-refractivity contribution in [2.45, 2.75) is 27.7 Å². The summed E-state index contributed by atoms with van der Waals surface area (Å²) in [7, 11) is 0. The van der Waals surface area contributed by atoms with E-state index in [9.17, 15) is 19.2 Å². The van der Waals surface area contributed by atoms with Crippen molar-refractivity contribution in [3.8, 4) is 0 Å². The van der Waals surface area contributed by atoms with Crippen molar-refractivity contribution < 1.29 is 102 Å². The predicted molar refractivity (Wildman–Crippen MR) is 140 cm³/mol. The zero-order chi connectivity index (χ0) is 26.2. The Morgan fingerprint density at radius 3 is 1.21 bits per heavy atom. The van der Waals surface area contributed by atoms with Gasteiger partial charge in [0.05, 0.1) is 5.69 Å². The standard InChI is InChI=1S/C10H8I3NO2.C10H11NO2.IO3.K/c1-3(15)5-7(11)6(4(2)16)9(13)10(14)8(5)12;1-6(12)8-3-9(7(2)13)5-10(11)4-8;2-1(3)4;/h14H2,1-2H3;3-5H,11H2,1-2H3;;/q;;-1;+1. The first-order valence-corrected chi connectivity index (χ1v) is 14.5. The van der Waals surface area contributed by atoms with E-state index in [0.717, 1.165) is 7.14 Å². The normalized spacial score (nSPS) is 9.62. The van der Waals surface area contributed by atoms with Crippen LogP contribution < -0.4 is 94.2 Å². The van der Waals surface area contributed by atoms with Gasteiger partial charge in [-0.2, -0.15) is 0 Å². The summed E-state index contributed by atoms with van der Waals surface area (Å²) in [5, 5.41) is 0. The van der Waals surface area contributed by atoms with Crippen LogP contribution in [0.1, 0.15) is 69.1 Å².